The fourth-order valence-corrected chi connectivity index (χ4v) is 3.61. The van der Waals surface area contributed by atoms with Crippen molar-refractivity contribution in [3.05, 3.63) is 48.1 Å². The van der Waals surface area contributed by atoms with Gasteiger partial charge in [0, 0.05) is 50.3 Å². The second-order valence-electron chi connectivity index (χ2n) is 6.79. The second kappa shape index (κ2) is 6.79. The van der Waals surface area contributed by atoms with Crippen LogP contribution in [0.15, 0.2) is 24.9 Å². The first-order valence-electron chi connectivity index (χ1n) is 8.76. The van der Waals surface area contributed by atoms with Crippen LogP contribution >= 0.6 is 0 Å². The molecule has 0 aromatic carbocycles. The lowest BCUT2D eigenvalue weighted by molar-refractivity contribution is 0.193. The summed E-state index contributed by atoms with van der Waals surface area (Å²) in [6.45, 7) is 5.75. The number of hydrogen-bond donors (Lipinski definition) is 1. The molecule has 3 aromatic rings. The van der Waals surface area contributed by atoms with E-state index in [0.29, 0.717) is 12.5 Å². The van der Waals surface area contributed by atoms with Crippen molar-refractivity contribution in [1.29, 1.82) is 0 Å². The smallest absolute Gasteiger partial charge is 0.152 e. The molecule has 0 amide bonds. The fraction of sp³-hybridized carbons (Fsp3) is 0.529. The van der Waals surface area contributed by atoms with Crippen molar-refractivity contribution in [2.75, 3.05) is 13.1 Å². The number of rotatable bonds is 5. The van der Waals surface area contributed by atoms with Crippen molar-refractivity contribution in [3.8, 4) is 0 Å². The lowest BCUT2D eigenvalue weighted by Gasteiger charge is -2.31. The van der Waals surface area contributed by atoms with Gasteiger partial charge in [0.25, 0.3) is 0 Å². The van der Waals surface area contributed by atoms with Gasteiger partial charge in [-0.2, -0.15) is 0 Å². The average molecular weight is 340 g/mol. The van der Waals surface area contributed by atoms with Crippen molar-refractivity contribution in [2.24, 2.45) is 7.05 Å². The number of aryl methyl sites for hydroxylation is 1. The van der Waals surface area contributed by atoms with Crippen LogP contribution < -0.4 is 0 Å². The van der Waals surface area contributed by atoms with E-state index in [1.165, 1.54) is 6.42 Å². The number of H-pyrrole nitrogens is 1. The molecule has 0 bridgehead atoms. The number of likely N-dealkylation sites (tertiary alicyclic amines) is 1. The van der Waals surface area contributed by atoms with Gasteiger partial charge in [0.05, 0.1) is 12.9 Å². The minimum atomic E-state index is 0.423. The molecule has 0 unspecified atom stereocenters. The number of imidazole rings is 2. The van der Waals surface area contributed by atoms with E-state index in [0.717, 1.165) is 49.2 Å². The summed E-state index contributed by atoms with van der Waals surface area (Å²) in [5, 5.41) is 8.95. The summed E-state index contributed by atoms with van der Waals surface area (Å²) in [6.07, 6.45) is 9.79. The fourth-order valence-electron chi connectivity index (χ4n) is 3.61. The zero-order chi connectivity index (χ0) is 17.2. The van der Waals surface area contributed by atoms with Crippen molar-refractivity contribution in [3.63, 3.8) is 0 Å². The monoisotopic (exact) mass is 340 g/mol. The summed E-state index contributed by atoms with van der Waals surface area (Å²) in [5.74, 6) is 3.48. The Morgan fingerprint density at radius 2 is 2.20 bits per heavy atom. The Morgan fingerprint density at radius 3 is 2.96 bits per heavy atom. The molecule has 0 saturated carbocycles. The van der Waals surface area contributed by atoms with Gasteiger partial charge in [-0.1, -0.05) is 0 Å². The van der Waals surface area contributed by atoms with Gasteiger partial charge < -0.3 is 14.1 Å². The highest BCUT2D eigenvalue weighted by Gasteiger charge is 2.26. The molecular weight excluding hydrogens is 316 g/mol. The molecule has 1 fully saturated rings. The Balaban J connectivity index is 1.47. The number of aromatic nitrogens is 7. The van der Waals surface area contributed by atoms with Crippen molar-refractivity contribution in [2.45, 2.75) is 38.8 Å². The van der Waals surface area contributed by atoms with Crippen molar-refractivity contribution >= 4 is 0 Å². The number of aromatic amines is 1. The lowest BCUT2D eigenvalue weighted by atomic mass is 9.97. The topological polar surface area (TPSA) is 80.5 Å². The number of piperidine rings is 1. The minimum absolute atomic E-state index is 0.423. The Labute approximate surface area is 146 Å². The molecule has 0 aliphatic carbocycles. The van der Waals surface area contributed by atoms with Crippen LogP contribution in [-0.4, -0.2) is 52.3 Å². The molecule has 1 N–H and O–H groups in total. The summed E-state index contributed by atoms with van der Waals surface area (Å²) in [6, 6.07) is 0. The van der Waals surface area contributed by atoms with Gasteiger partial charge in [0.1, 0.15) is 11.6 Å². The third-order valence-corrected chi connectivity index (χ3v) is 5.05. The lowest BCUT2D eigenvalue weighted by Crippen LogP contribution is -2.35. The van der Waals surface area contributed by atoms with Crippen molar-refractivity contribution < 1.29 is 0 Å². The van der Waals surface area contributed by atoms with Crippen molar-refractivity contribution in [1.82, 2.24) is 39.2 Å². The summed E-state index contributed by atoms with van der Waals surface area (Å²) < 4.78 is 4.25. The van der Waals surface area contributed by atoms with Crippen LogP contribution in [-0.2, 0) is 20.1 Å². The largest absolute Gasteiger partial charge is 0.347 e. The molecular formula is C17H24N8. The normalized spacial score (nSPS) is 18.7. The number of nitrogens with zero attached hydrogens (tertiary/aromatic N) is 7. The van der Waals surface area contributed by atoms with E-state index < -0.39 is 0 Å². The number of nitrogens with one attached hydrogen (secondary N) is 1. The van der Waals surface area contributed by atoms with Crippen LogP contribution in [0.2, 0.25) is 0 Å². The standard InChI is InChI=1S/C17H24N8/c1-13-19-5-7-25(13)11-16-21-22-17(23(16)2)14-4-3-6-24(9-14)10-15-8-18-12-20-15/h5,7-8,12,14H,3-4,6,9-11H2,1-2H3,(H,18,20)/t14-/m0/s1. The third kappa shape index (κ3) is 3.34. The predicted molar refractivity (Wildman–Crippen MR) is 92.9 cm³/mol. The molecule has 1 aliphatic rings. The maximum Gasteiger partial charge on any atom is 0.152 e. The first-order chi connectivity index (χ1) is 12.2. The molecule has 4 heterocycles. The molecule has 4 rings (SSSR count). The minimum Gasteiger partial charge on any atom is -0.347 e. The molecule has 0 spiro atoms. The van der Waals surface area contributed by atoms with E-state index in [4.69, 9.17) is 0 Å². The van der Waals surface area contributed by atoms with Crippen LogP contribution in [0.1, 0.15) is 41.9 Å². The molecule has 8 heteroatoms. The summed E-state index contributed by atoms with van der Waals surface area (Å²) in [7, 11) is 2.07. The van der Waals surface area contributed by atoms with Gasteiger partial charge >= 0.3 is 0 Å². The summed E-state index contributed by atoms with van der Waals surface area (Å²) in [4.78, 5) is 14.0. The van der Waals surface area contributed by atoms with Gasteiger partial charge in [-0.15, -0.1) is 10.2 Å². The van der Waals surface area contributed by atoms with Gasteiger partial charge in [0.2, 0.25) is 0 Å². The predicted octanol–water partition coefficient (Wildman–Crippen LogP) is 1.47. The van der Waals surface area contributed by atoms with E-state index in [9.17, 15) is 0 Å². The van der Waals surface area contributed by atoms with Crippen LogP contribution in [0.5, 0.6) is 0 Å². The molecule has 8 nitrogen and oxygen atoms in total. The Bertz CT molecular complexity index is 816. The zero-order valence-electron chi connectivity index (χ0n) is 14.8. The Hall–Kier alpha value is -2.48. The number of hydrogen-bond acceptors (Lipinski definition) is 5. The SMILES string of the molecule is Cc1nccn1Cc1nnc([C@H]2CCCN(Cc3cnc[nH]3)C2)n1C. The molecule has 1 atom stereocenters. The van der Waals surface area contributed by atoms with Gasteiger partial charge in [-0.3, -0.25) is 4.90 Å². The van der Waals surface area contributed by atoms with E-state index in [1.54, 1.807) is 6.33 Å². The molecule has 25 heavy (non-hydrogen) atoms. The molecule has 0 radical (unpaired) electrons. The average Bonchev–Trinajstić information content (AvgIpc) is 3.33. The van der Waals surface area contributed by atoms with E-state index in [2.05, 4.69) is 46.2 Å². The zero-order valence-corrected chi connectivity index (χ0v) is 14.8. The third-order valence-electron chi connectivity index (χ3n) is 5.05. The first-order valence-corrected chi connectivity index (χ1v) is 8.76. The van der Waals surface area contributed by atoms with Crippen LogP contribution in [0.4, 0.5) is 0 Å². The quantitative estimate of drug-likeness (QED) is 0.761. The highest BCUT2D eigenvalue weighted by Crippen LogP contribution is 2.26. The van der Waals surface area contributed by atoms with E-state index >= 15 is 0 Å². The molecule has 132 valence electrons. The second-order valence-corrected chi connectivity index (χ2v) is 6.79. The Kier molecular flexibility index (Phi) is 4.35. The molecule has 1 saturated heterocycles. The first kappa shape index (κ1) is 16.0. The highest BCUT2D eigenvalue weighted by atomic mass is 15.3. The molecule has 1 aliphatic heterocycles. The van der Waals surface area contributed by atoms with E-state index in [1.807, 2.05) is 25.5 Å². The Morgan fingerprint density at radius 1 is 1.28 bits per heavy atom. The van der Waals surface area contributed by atoms with Gasteiger partial charge in [-0.05, 0) is 26.3 Å². The van der Waals surface area contributed by atoms with Gasteiger partial charge in [-0.25, -0.2) is 9.97 Å². The molecule has 3 aromatic heterocycles. The summed E-state index contributed by atoms with van der Waals surface area (Å²) >= 11 is 0. The highest BCUT2D eigenvalue weighted by molar-refractivity contribution is 5.06. The van der Waals surface area contributed by atoms with Gasteiger partial charge in [0.15, 0.2) is 5.82 Å². The summed E-state index contributed by atoms with van der Waals surface area (Å²) in [5.41, 5.74) is 1.16. The van der Waals surface area contributed by atoms with Crippen LogP contribution in [0, 0.1) is 6.92 Å². The van der Waals surface area contributed by atoms with Crippen LogP contribution in [0.3, 0.4) is 0 Å². The van der Waals surface area contributed by atoms with E-state index in [-0.39, 0.29) is 0 Å². The maximum absolute atomic E-state index is 4.51. The maximum atomic E-state index is 4.51. The van der Waals surface area contributed by atoms with Crippen LogP contribution in [0.25, 0.3) is 0 Å².